The Morgan fingerprint density at radius 2 is 1.67 bits per heavy atom. The van der Waals surface area contributed by atoms with E-state index in [9.17, 15) is 0 Å². The number of thioether (sulfide) groups is 1. The Morgan fingerprint density at radius 3 is 2.33 bits per heavy atom. The quantitative estimate of drug-likeness (QED) is 0.394. The van der Waals surface area contributed by atoms with Gasteiger partial charge in [-0.15, -0.1) is 11.8 Å². The van der Waals surface area contributed by atoms with Crippen LogP contribution in [0, 0.1) is 5.41 Å². The molecule has 1 aliphatic carbocycles. The van der Waals surface area contributed by atoms with Crippen molar-refractivity contribution in [3.63, 3.8) is 0 Å². The number of anilines is 1. The largest absolute Gasteiger partial charge is 0.378 e. The lowest BCUT2D eigenvalue weighted by atomic mass is 9.92. The molecule has 1 N–H and O–H groups in total. The first kappa shape index (κ1) is 17.7. The molecule has 0 unspecified atom stereocenters. The van der Waals surface area contributed by atoms with Gasteiger partial charge in [0.25, 0.3) is 0 Å². The molecule has 1 heterocycles. The van der Waals surface area contributed by atoms with Crippen molar-refractivity contribution < 1.29 is 0 Å². The number of nitrogens with one attached hydrogen (secondary N) is 1. The van der Waals surface area contributed by atoms with Gasteiger partial charge in [0.1, 0.15) is 0 Å². The van der Waals surface area contributed by atoms with E-state index < -0.39 is 0 Å². The average Bonchev–Trinajstić information content (AvgIpc) is 2.68. The molecule has 1 aliphatic heterocycles. The summed E-state index contributed by atoms with van der Waals surface area (Å²) in [6.07, 6.45) is 2.10. The van der Waals surface area contributed by atoms with Crippen molar-refractivity contribution in [2.24, 2.45) is 7.05 Å². The van der Waals surface area contributed by atoms with Gasteiger partial charge in [-0.1, -0.05) is 24.3 Å². The highest BCUT2D eigenvalue weighted by Crippen LogP contribution is 2.40. The van der Waals surface area contributed by atoms with Crippen molar-refractivity contribution >= 4 is 28.4 Å². The third-order valence-corrected chi connectivity index (χ3v) is 5.88. The van der Waals surface area contributed by atoms with E-state index in [1.54, 1.807) is 11.8 Å². The van der Waals surface area contributed by atoms with Crippen LogP contribution in [0.3, 0.4) is 0 Å². The van der Waals surface area contributed by atoms with Crippen LogP contribution in [0.25, 0.3) is 33.3 Å². The number of hydrogen-bond acceptors (Lipinski definition) is 3. The molecular formula is C23H23N3S. The van der Waals surface area contributed by atoms with Crippen LogP contribution in [0.2, 0.25) is 0 Å². The molecule has 0 saturated carbocycles. The second-order valence-corrected chi connectivity index (χ2v) is 7.87. The number of rotatable bonds is 3. The summed E-state index contributed by atoms with van der Waals surface area (Å²) in [4.78, 5) is 3.38. The second kappa shape index (κ2) is 6.78. The van der Waals surface area contributed by atoms with E-state index in [1.807, 2.05) is 12.1 Å². The van der Waals surface area contributed by atoms with Crippen LogP contribution in [-0.2, 0) is 7.05 Å². The maximum Gasteiger partial charge on any atom is 0.0561 e. The predicted octanol–water partition coefficient (Wildman–Crippen LogP) is 5.22. The Bertz CT molecular complexity index is 1160. The molecule has 4 heteroatoms. The van der Waals surface area contributed by atoms with Crippen LogP contribution in [0.1, 0.15) is 0 Å². The van der Waals surface area contributed by atoms with Crippen molar-refractivity contribution in [2.45, 2.75) is 4.90 Å². The highest BCUT2D eigenvalue weighted by Gasteiger charge is 2.18. The third-order valence-electron chi connectivity index (χ3n) is 5.14. The molecule has 0 spiro atoms. The highest BCUT2D eigenvalue weighted by molar-refractivity contribution is 7.98. The number of benzene rings is 3. The molecule has 0 amide bonds. The third kappa shape index (κ3) is 3.00. The van der Waals surface area contributed by atoms with Crippen molar-refractivity contribution in [3.8, 4) is 22.4 Å². The number of nitrogens with zero attached hydrogens (tertiary/aromatic N) is 2. The standard InChI is InChI=1S/C23H23N3S/c1-25(2)17-8-12-20-22(14-17)26(3)21-13-16(24)7-11-19(21)23(20)15-5-9-18(27-4)10-6-15/h5-14,24H,1-4H3. The Morgan fingerprint density at radius 1 is 0.926 bits per heavy atom. The van der Waals surface area contributed by atoms with E-state index in [0.717, 1.165) is 5.69 Å². The zero-order valence-corrected chi connectivity index (χ0v) is 16.9. The van der Waals surface area contributed by atoms with Gasteiger partial charge in [-0.25, -0.2) is 0 Å². The molecule has 27 heavy (non-hydrogen) atoms. The molecule has 3 nitrogen and oxygen atoms in total. The fourth-order valence-corrected chi connectivity index (χ4v) is 4.06. The average molecular weight is 374 g/mol. The van der Waals surface area contributed by atoms with E-state index in [2.05, 4.69) is 85.4 Å². The maximum absolute atomic E-state index is 8.10. The lowest BCUT2D eigenvalue weighted by Crippen LogP contribution is -2.11. The predicted molar refractivity (Wildman–Crippen MR) is 117 cm³/mol. The van der Waals surface area contributed by atoms with Gasteiger partial charge in [0, 0.05) is 48.2 Å². The minimum atomic E-state index is 0.532. The smallest absolute Gasteiger partial charge is 0.0561 e. The van der Waals surface area contributed by atoms with Gasteiger partial charge in [0.05, 0.1) is 16.6 Å². The van der Waals surface area contributed by atoms with Gasteiger partial charge < -0.3 is 14.9 Å². The van der Waals surface area contributed by atoms with E-state index in [4.69, 9.17) is 5.41 Å². The molecule has 0 radical (unpaired) electrons. The Labute approximate surface area is 164 Å². The molecule has 2 aromatic rings. The summed E-state index contributed by atoms with van der Waals surface area (Å²) in [7, 11) is 6.21. The first-order chi connectivity index (χ1) is 13.0. The second-order valence-electron chi connectivity index (χ2n) is 6.99. The topological polar surface area (TPSA) is 32.0 Å². The minimum absolute atomic E-state index is 0.532. The van der Waals surface area contributed by atoms with Crippen LogP contribution in [-0.4, -0.2) is 24.9 Å². The molecule has 4 rings (SSSR count). The van der Waals surface area contributed by atoms with Crippen molar-refractivity contribution in [2.75, 3.05) is 25.3 Å². The molecule has 2 aliphatic rings. The normalized spacial score (nSPS) is 11.3. The summed E-state index contributed by atoms with van der Waals surface area (Å²) < 4.78 is 2.20. The lowest BCUT2D eigenvalue weighted by molar-refractivity contribution is 0.957. The minimum Gasteiger partial charge on any atom is -0.378 e. The van der Waals surface area contributed by atoms with E-state index in [0.29, 0.717) is 5.36 Å². The van der Waals surface area contributed by atoms with Crippen LogP contribution >= 0.6 is 11.8 Å². The lowest BCUT2D eigenvalue weighted by Gasteiger charge is -2.23. The monoisotopic (exact) mass is 373 g/mol. The number of aromatic nitrogens is 1. The van der Waals surface area contributed by atoms with Crippen molar-refractivity contribution in [1.29, 1.82) is 5.41 Å². The van der Waals surface area contributed by atoms with Gasteiger partial charge in [0.15, 0.2) is 0 Å². The fourth-order valence-electron chi connectivity index (χ4n) is 3.65. The summed E-state index contributed by atoms with van der Waals surface area (Å²) in [6.45, 7) is 0. The van der Waals surface area contributed by atoms with E-state index in [1.165, 1.54) is 38.2 Å². The zero-order valence-electron chi connectivity index (χ0n) is 16.1. The Hall–Kier alpha value is -2.72. The summed E-state index contributed by atoms with van der Waals surface area (Å²) in [5.41, 5.74) is 7.03. The van der Waals surface area contributed by atoms with Gasteiger partial charge in [0.2, 0.25) is 0 Å². The summed E-state index contributed by atoms with van der Waals surface area (Å²) in [5, 5.41) is 9.86. The Balaban J connectivity index is 2.13. The zero-order chi connectivity index (χ0) is 19.1. The van der Waals surface area contributed by atoms with Gasteiger partial charge in [-0.2, -0.15) is 0 Å². The summed E-state index contributed by atoms with van der Waals surface area (Å²) >= 11 is 1.76. The van der Waals surface area contributed by atoms with Crippen LogP contribution in [0.15, 0.2) is 65.6 Å². The maximum atomic E-state index is 8.10. The van der Waals surface area contributed by atoms with Gasteiger partial charge >= 0.3 is 0 Å². The van der Waals surface area contributed by atoms with Crippen LogP contribution in [0.5, 0.6) is 0 Å². The van der Waals surface area contributed by atoms with E-state index >= 15 is 0 Å². The molecule has 0 aromatic heterocycles. The van der Waals surface area contributed by atoms with Crippen molar-refractivity contribution in [1.82, 2.24) is 4.57 Å². The fraction of sp³-hybridized carbons (Fsp3) is 0.174. The molecule has 0 fully saturated rings. The highest BCUT2D eigenvalue weighted by atomic mass is 32.2. The molecule has 0 saturated heterocycles. The number of hydrogen-bond donors (Lipinski definition) is 1. The first-order valence-electron chi connectivity index (χ1n) is 8.92. The SMILES string of the molecule is CSc1ccc(-c2c3ccc(=N)cc-3n(C)c3cc(N(C)C)ccc23)cc1. The summed E-state index contributed by atoms with van der Waals surface area (Å²) in [6, 6.07) is 21.3. The number of aryl methyl sites for hydroxylation is 1. The molecule has 0 atom stereocenters. The van der Waals surface area contributed by atoms with E-state index in [-0.39, 0.29) is 0 Å². The van der Waals surface area contributed by atoms with Crippen LogP contribution in [0.4, 0.5) is 5.69 Å². The molecule has 136 valence electrons. The Kier molecular flexibility index (Phi) is 4.44. The van der Waals surface area contributed by atoms with Crippen LogP contribution < -0.4 is 10.3 Å². The molecular weight excluding hydrogens is 350 g/mol. The summed E-state index contributed by atoms with van der Waals surface area (Å²) in [5.74, 6) is 0. The molecule has 2 aromatic carbocycles. The van der Waals surface area contributed by atoms with Gasteiger partial charge in [-0.3, -0.25) is 0 Å². The van der Waals surface area contributed by atoms with Crippen molar-refractivity contribution in [3.05, 3.63) is 66.0 Å². The number of pyridine rings is 1. The first-order valence-corrected chi connectivity index (χ1v) is 10.1. The molecule has 0 bridgehead atoms. The number of fused-ring (bicyclic) bond motifs is 2. The van der Waals surface area contributed by atoms with Gasteiger partial charge in [-0.05, 0) is 48.2 Å².